The summed E-state index contributed by atoms with van der Waals surface area (Å²) in [7, 11) is 0. The van der Waals surface area contributed by atoms with Gasteiger partial charge in [-0.3, -0.25) is 0 Å². The van der Waals surface area contributed by atoms with Gasteiger partial charge in [-0.1, -0.05) is 6.58 Å². The predicted octanol–water partition coefficient (Wildman–Crippen LogP) is 2.58. The second-order valence-corrected chi connectivity index (χ2v) is 7.92. The number of nitrogens with zero attached hydrogens (tertiary/aromatic N) is 1. The minimum atomic E-state index is -0.352. The number of hydrogen-bond donors (Lipinski definition) is 1. The van der Waals surface area contributed by atoms with Gasteiger partial charge in [0.1, 0.15) is 0 Å². The van der Waals surface area contributed by atoms with Gasteiger partial charge < -0.3 is 9.84 Å². The van der Waals surface area contributed by atoms with E-state index in [2.05, 4.69) is 12.6 Å². The highest BCUT2D eigenvalue weighted by molar-refractivity contribution is 5.86. The minimum Gasteiger partial charge on any atom is -0.462 e. The molecule has 0 spiro atoms. The maximum absolute atomic E-state index is 11.7. The summed E-state index contributed by atoms with van der Waals surface area (Å²) < 4.78 is 5.44. The number of rotatable bonds is 4. The fourth-order valence-electron chi connectivity index (χ4n) is 5.65. The smallest absolute Gasteiger partial charge is 0.333 e. The van der Waals surface area contributed by atoms with Crippen LogP contribution in [0.15, 0.2) is 12.2 Å². The Hall–Kier alpha value is -1.34. The molecule has 4 unspecified atom stereocenters. The van der Waals surface area contributed by atoms with Gasteiger partial charge in [0.2, 0.25) is 0 Å². The molecule has 4 aliphatic rings. The molecule has 4 nitrogen and oxygen atoms in total. The number of aliphatic hydroxyl groups excluding tert-OH is 1. The molecular formula is C17H23NO3. The maximum Gasteiger partial charge on any atom is 0.333 e. The van der Waals surface area contributed by atoms with Crippen LogP contribution in [-0.2, 0) is 9.53 Å². The van der Waals surface area contributed by atoms with Gasteiger partial charge in [-0.05, 0) is 56.8 Å². The summed E-state index contributed by atoms with van der Waals surface area (Å²) in [5, 5.41) is 19.6. The molecule has 0 aliphatic heterocycles. The summed E-state index contributed by atoms with van der Waals surface area (Å²) in [6.07, 6.45) is 5.46. The number of carbonyl (C=O) groups excluding carboxylic acids is 1. The average Bonchev–Trinajstić information content (AvgIpc) is 2.43. The molecule has 4 heteroatoms. The Kier molecular flexibility index (Phi) is 3.18. The van der Waals surface area contributed by atoms with E-state index < -0.39 is 0 Å². The second-order valence-electron chi connectivity index (χ2n) is 7.92. The van der Waals surface area contributed by atoms with Crippen molar-refractivity contribution >= 4 is 5.97 Å². The molecule has 0 amide bonds. The zero-order chi connectivity index (χ0) is 15.3. The molecule has 0 aromatic rings. The summed E-state index contributed by atoms with van der Waals surface area (Å²) in [6, 6.07) is 2.53. The van der Waals surface area contributed by atoms with Crippen molar-refractivity contribution in [3.05, 3.63) is 12.2 Å². The van der Waals surface area contributed by atoms with Gasteiger partial charge in [-0.2, -0.15) is 5.26 Å². The van der Waals surface area contributed by atoms with Crippen LogP contribution in [-0.4, -0.2) is 24.3 Å². The van der Waals surface area contributed by atoms with Crippen molar-refractivity contribution in [2.75, 3.05) is 13.2 Å². The topological polar surface area (TPSA) is 70.3 Å². The van der Waals surface area contributed by atoms with Gasteiger partial charge in [0.15, 0.2) is 0 Å². The average molecular weight is 289 g/mol. The molecule has 0 aromatic carbocycles. The molecule has 21 heavy (non-hydrogen) atoms. The van der Waals surface area contributed by atoms with Gasteiger partial charge in [0.25, 0.3) is 0 Å². The lowest BCUT2D eigenvalue weighted by Gasteiger charge is -2.64. The molecule has 0 aromatic heterocycles. The van der Waals surface area contributed by atoms with Crippen LogP contribution in [0.5, 0.6) is 0 Å². The van der Waals surface area contributed by atoms with Crippen molar-refractivity contribution in [2.45, 2.75) is 45.4 Å². The van der Waals surface area contributed by atoms with Gasteiger partial charge in [0.05, 0.1) is 18.1 Å². The monoisotopic (exact) mass is 289 g/mol. The lowest BCUT2D eigenvalue weighted by molar-refractivity contribution is -0.179. The minimum absolute atomic E-state index is 0.122. The summed E-state index contributed by atoms with van der Waals surface area (Å²) in [5.74, 6) is 0.131. The van der Waals surface area contributed by atoms with Crippen LogP contribution in [0.1, 0.15) is 45.4 Å². The maximum atomic E-state index is 11.7. The summed E-state index contributed by atoms with van der Waals surface area (Å²) >= 11 is 0. The first-order valence-electron chi connectivity index (χ1n) is 7.70. The highest BCUT2D eigenvalue weighted by atomic mass is 16.5. The molecule has 0 saturated heterocycles. The van der Waals surface area contributed by atoms with Crippen LogP contribution in [0.2, 0.25) is 0 Å². The first kappa shape index (κ1) is 14.6. The number of ether oxygens (including phenoxy) is 1. The van der Waals surface area contributed by atoms with Crippen LogP contribution in [0.3, 0.4) is 0 Å². The zero-order valence-electron chi connectivity index (χ0n) is 12.7. The molecule has 4 aliphatic carbocycles. The molecule has 4 fully saturated rings. The Bertz CT molecular complexity index is 537. The number of aliphatic hydroxyl groups is 1. The van der Waals surface area contributed by atoms with E-state index in [9.17, 15) is 15.2 Å². The molecule has 114 valence electrons. The third-order valence-corrected chi connectivity index (χ3v) is 5.73. The Morgan fingerprint density at radius 3 is 2.62 bits per heavy atom. The molecule has 4 bridgehead atoms. The van der Waals surface area contributed by atoms with Crippen LogP contribution >= 0.6 is 0 Å². The Labute approximate surface area is 125 Å². The number of hydrogen-bond acceptors (Lipinski definition) is 4. The Morgan fingerprint density at radius 1 is 1.33 bits per heavy atom. The van der Waals surface area contributed by atoms with E-state index >= 15 is 0 Å². The molecule has 1 N–H and O–H groups in total. The molecule has 4 saturated carbocycles. The highest BCUT2D eigenvalue weighted by Crippen LogP contribution is 2.69. The fourth-order valence-corrected chi connectivity index (χ4v) is 5.65. The van der Waals surface area contributed by atoms with Crippen molar-refractivity contribution in [2.24, 2.45) is 22.2 Å². The summed E-state index contributed by atoms with van der Waals surface area (Å²) in [5.41, 5.74) is -0.169. The van der Waals surface area contributed by atoms with Crippen molar-refractivity contribution in [3.8, 4) is 6.07 Å². The number of esters is 1. The lowest BCUT2D eigenvalue weighted by Crippen LogP contribution is -2.59. The normalized spacial score (nSPS) is 43.4. The predicted molar refractivity (Wildman–Crippen MR) is 77.0 cm³/mol. The zero-order valence-corrected chi connectivity index (χ0v) is 12.7. The van der Waals surface area contributed by atoms with Crippen LogP contribution < -0.4 is 0 Å². The standard InChI is InChI=1S/C17H23NO3/c1-12(2)14(20)21-11-17-5-13-3-15(7-17,9-18)6-16(4-13,8-17)10-19/h13,19H,1,3-8,10-11H2,2H3. The Morgan fingerprint density at radius 2 is 2.00 bits per heavy atom. The molecule has 4 atom stereocenters. The van der Waals surface area contributed by atoms with E-state index in [0.717, 1.165) is 38.5 Å². The van der Waals surface area contributed by atoms with Crippen molar-refractivity contribution in [3.63, 3.8) is 0 Å². The third-order valence-electron chi connectivity index (χ3n) is 5.73. The van der Waals surface area contributed by atoms with Crippen LogP contribution in [0, 0.1) is 33.5 Å². The van der Waals surface area contributed by atoms with Gasteiger partial charge in [-0.15, -0.1) is 0 Å². The highest BCUT2D eigenvalue weighted by Gasteiger charge is 2.63. The van der Waals surface area contributed by atoms with Crippen LogP contribution in [0.25, 0.3) is 0 Å². The first-order chi connectivity index (χ1) is 9.86. The fraction of sp³-hybridized carbons (Fsp3) is 0.765. The number of carbonyl (C=O) groups is 1. The van der Waals surface area contributed by atoms with Crippen molar-refractivity contribution in [1.82, 2.24) is 0 Å². The third kappa shape index (κ3) is 2.28. The first-order valence-corrected chi connectivity index (χ1v) is 7.70. The second kappa shape index (κ2) is 4.58. The quantitative estimate of drug-likeness (QED) is 0.638. The lowest BCUT2D eigenvalue weighted by atomic mass is 9.40. The van der Waals surface area contributed by atoms with Crippen LogP contribution in [0.4, 0.5) is 0 Å². The van der Waals surface area contributed by atoms with E-state index in [-0.39, 0.29) is 28.8 Å². The molecule has 0 heterocycles. The summed E-state index contributed by atoms with van der Waals surface area (Å²) in [4.78, 5) is 11.7. The molecule has 4 rings (SSSR count). The molecular weight excluding hydrogens is 266 g/mol. The van der Waals surface area contributed by atoms with E-state index in [4.69, 9.17) is 4.74 Å². The van der Waals surface area contributed by atoms with E-state index in [1.807, 2.05) is 0 Å². The van der Waals surface area contributed by atoms with Crippen molar-refractivity contribution < 1.29 is 14.6 Å². The van der Waals surface area contributed by atoms with Gasteiger partial charge in [0, 0.05) is 17.6 Å². The van der Waals surface area contributed by atoms with Gasteiger partial charge >= 0.3 is 5.97 Å². The SMILES string of the molecule is C=C(C)C(=O)OCC12CC3CC(C#N)(CC(CO)(C3)C1)C2. The summed E-state index contributed by atoms with van der Waals surface area (Å²) in [6.45, 7) is 5.76. The number of nitriles is 1. The van der Waals surface area contributed by atoms with E-state index in [1.165, 1.54) is 0 Å². The Balaban J connectivity index is 1.84. The largest absolute Gasteiger partial charge is 0.462 e. The van der Waals surface area contributed by atoms with Crippen molar-refractivity contribution in [1.29, 1.82) is 5.26 Å². The van der Waals surface area contributed by atoms with E-state index in [0.29, 0.717) is 18.1 Å². The van der Waals surface area contributed by atoms with Gasteiger partial charge in [-0.25, -0.2) is 4.79 Å². The molecule has 0 radical (unpaired) electrons. The van der Waals surface area contributed by atoms with E-state index in [1.54, 1.807) is 6.92 Å².